The Kier molecular flexibility index (Phi) is 5.43. The minimum atomic E-state index is -0.120. The Hall–Kier alpha value is -1.98. The highest BCUT2D eigenvalue weighted by atomic mass is 79.9. The van der Waals surface area contributed by atoms with E-state index in [1.54, 1.807) is 18.3 Å². The van der Waals surface area contributed by atoms with Crippen molar-refractivity contribution in [2.24, 2.45) is 0 Å². The third-order valence-corrected chi connectivity index (χ3v) is 5.01. The average molecular weight is 401 g/mol. The van der Waals surface area contributed by atoms with Crippen LogP contribution in [-0.4, -0.2) is 10.8 Å². The van der Waals surface area contributed by atoms with Gasteiger partial charge in [0, 0.05) is 27.5 Å². The Morgan fingerprint density at radius 3 is 2.54 bits per heavy atom. The molecule has 3 nitrogen and oxygen atoms in total. The van der Waals surface area contributed by atoms with Gasteiger partial charge in [0.05, 0.1) is 11.7 Å². The largest absolute Gasteiger partial charge is 0.376 e. The van der Waals surface area contributed by atoms with E-state index in [4.69, 9.17) is 4.98 Å². The molecule has 1 aromatic heterocycles. The fourth-order valence-corrected chi connectivity index (χ4v) is 3.57. The summed E-state index contributed by atoms with van der Waals surface area (Å²) in [6, 6.07) is 17.9. The molecule has 1 N–H and O–H groups in total. The van der Waals surface area contributed by atoms with E-state index >= 15 is 0 Å². The van der Waals surface area contributed by atoms with Gasteiger partial charge < -0.3 is 5.32 Å². The highest BCUT2D eigenvalue weighted by Gasteiger charge is 2.17. The van der Waals surface area contributed by atoms with Crippen LogP contribution in [0.25, 0.3) is 10.6 Å². The first-order valence-corrected chi connectivity index (χ1v) is 9.31. The number of anilines is 1. The molecule has 0 aliphatic rings. The first-order chi connectivity index (χ1) is 11.6. The lowest BCUT2D eigenvalue weighted by Gasteiger charge is -2.16. The minimum Gasteiger partial charge on any atom is -0.376 e. The molecule has 0 saturated carbocycles. The average Bonchev–Trinajstić information content (AvgIpc) is 3.05. The summed E-state index contributed by atoms with van der Waals surface area (Å²) in [6.45, 7) is 1.61. The van der Waals surface area contributed by atoms with Crippen LogP contribution in [-0.2, 0) is 4.79 Å². The SMILES string of the molecule is CC(=O)CC(Nc1ccccc1)c1csc(-c2ccc(Br)cc2)n1. The molecular weight excluding hydrogens is 384 g/mol. The van der Waals surface area contributed by atoms with Crippen LogP contribution in [0.15, 0.2) is 64.5 Å². The molecule has 0 aliphatic carbocycles. The molecule has 1 heterocycles. The standard InChI is InChI=1S/C19H17BrN2OS/c1-13(23)11-17(21-16-5-3-2-4-6-16)18-12-24-19(22-18)14-7-9-15(20)10-8-14/h2-10,12,17,21H,11H2,1H3. The van der Waals surface area contributed by atoms with Gasteiger partial charge in [-0.3, -0.25) is 4.79 Å². The Balaban J connectivity index is 1.85. The molecule has 5 heteroatoms. The van der Waals surface area contributed by atoms with E-state index in [2.05, 4.69) is 21.2 Å². The maximum absolute atomic E-state index is 11.7. The molecule has 2 aromatic carbocycles. The number of thiazole rings is 1. The number of hydrogen-bond donors (Lipinski definition) is 1. The predicted molar refractivity (Wildman–Crippen MR) is 103 cm³/mol. The summed E-state index contributed by atoms with van der Waals surface area (Å²) in [7, 11) is 0. The van der Waals surface area contributed by atoms with Crippen molar-refractivity contribution in [3.63, 3.8) is 0 Å². The van der Waals surface area contributed by atoms with Crippen molar-refractivity contribution >= 4 is 38.7 Å². The van der Waals surface area contributed by atoms with Crippen LogP contribution in [0.3, 0.4) is 0 Å². The fraction of sp³-hybridized carbons (Fsp3) is 0.158. The van der Waals surface area contributed by atoms with Crippen molar-refractivity contribution in [2.45, 2.75) is 19.4 Å². The van der Waals surface area contributed by atoms with Crippen LogP contribution in [0.4, 0.5) is 5.69 Å². The van der Waals surface area contributed by atoms with E-state index in [1.165, 1.54) is 0 Å². The van der Waals surface area contributed by atoms with Crippen molar-refractivity contribution < 1.29 is 4.79 Å². The van der Waals surface area contributed by atoms with Crippen LogP contribution < -0.4 is 5.32 Å². The van der Waals surface area contributed by atoms with Gasteiger partial charge >= 0.3 is 0 Å². The van der Waals surface area contributed by atoms with E-state index < -0.39 is 0 Å². The van der Waals surface area contributed by atoms with Gasteiger partial charge in [-0.25, -0.2) is 4.98 Å². The lowest BCUT2D eigenvalue weighted by molar-refractivity contribution is -0.117. The minimum absolute atomic E-state index is 0.120. The number of hydrogen-bond acceptors (Lipinski definition) is 4. The maximum atomic E-state index is 11.7. The summed E-state index contributed by atoms with van der Waals surface area (Å²) in [5.74, 6) is 0.140. The van der Waals surface area contributed by atoms with Crippen LogP contribution in [0.1, 0.15) is 25.1 Å². The van der Waals surface area contributed by atoms with Crippen molar-refractivity contribution in [2.75, 3.05) is 5.32 Å². The van der Waals surface area contributed by atoms with Crippen molar-refractivity contribution in [1.29, 1.82) is 0 Å². The zero-order valence-electron chi connectivity index (χ0n) is 13.2. The Bertz CT molecular complexity index is 815. The first-order valence-electron chi connectivity index (χ1n) is 7.64. The van der Waals surface area contributed by atoms with Gasteiger partial charge in [-0.1, -0.05) is 46.3 Å². The smallest absolute Gasteiger partial charge is 0.132 e. The molecule has 1 unspecified atom stereocenters. The molecule has 0 saturated heterocycles. The van der Waals surface area contributed by atoms with Gasteiger partial charge in [0.15, 0.2) is 0 Å². The fourth-order valence-electron chi connectivity index (χ4n) is 2.42. The van der Waals surface area contributed by atoms with E-state index in [1.807, 2.05) is 60.0 Å². The van der Waals surface area contributed by atoms with E-state index in [-0.39, 0.29) is 11.8 Å². The van der Waals surface area contributed by atoms with E-state index in [9.17, 15) is 4.79 Å². The van der Waals surface area contributed by atoms with Gasteiger partial charge in [0.25, 0.3) is 0 Å². The van der Waals surface area contributed by atoms with E-state index in [0.717, 1.165) is 26.4 Å². The summed E-state index contributed by atoms with van der Waals surface area (Å²) in [5, 5.41) is 6.40. The summed E-state index contributed by atoms with van der Waals surface area (Å²) in [5.41, 5.74) is 2.97. The van der Waals surface area contributed by atoms with Crippen molar-refractivity contribution in [1.82, 2.24) is 4.98 Å². The molecule has 3 aromatic rings. The third kappa shape index (κ3) is 4.30. The van der Waals surface area contributed by atoms with Crippen LogP contribution >= 0.6 is 27.3 Å². The quantitative estimate of drug-likeness (QED) is 0.576. The molecule has 0 spiro atoms. The summed E-state index contributed by atoms with van der Waals surface area (Å²) in [6.07, 6.45) is 0.415. The monoisotopic (exact) mass is 400 g/mol. The molecule has 0 fully saturated rings. The Morgan fingerprint density at radius 1 is 1.17 bits per heavy atom. The number of aromatic nitrogens is 1. The number of nitrogens with zero attached hydrogens (tertiary/aromatic N) is 1. The van der Waals surface area contributed by atoms with Gasteiger partial charge in [-0.2, -0.15) is 0 Å². The highest BCUT2D eigenvalue weighted by molar-refractivity contribution is 9.10. The second kappa shape index (κ2) is 7.73. The number of halogens is 1. The highest BCUT2D eigenvalue weighted by Crippen LogP contribution is 2.30. The van der Waals surface area contributed by atoms with Crippen LogP contribution in [0.2, 0.25) is 0 Å². The lowest BCUT2D eigenvalue weighted by atomic mass is 10.1. The molecule has 0 aliphatic heterocycles. The van der Waals surface area contributed by atoms with Crippen LogP contribution in [0, 0.1) is 0 Å². The molecule has 122 valence electrons. The van der Waals surface area contributed by atoms with Gasteiger partial charge in [-0.05, 0) is 31.2 Å². The Morgan fingerprint density at radius 2 is 1.88 bits per heavy atom. The second-order valence-electron chi connectivity index (χ2n) is 5.55. The number of nitrogens with one attached hydrogen (secondary N) is 1. The van der Waals surface area contributed by atoms with Gasteiger partial charge in [0.1, 0.15) is 10.8 Å². The normalized spacial score (nSPS) is 11.9. The third-order valence-electron chi connectivity index (χ3n) is 3.58. The maximum Gasteiger partial charge on any atom is 0.132 e. The Labute approximate surface area is 153 Å². The topological polar surface area (TPSA) is 42.0 Å². The number of Topliss-reactive ketones (excluding diaryl/α,β-unsaturated/α-hetero) is 1. The number of carbonyl (C=O) groups is 1. The molecule has 1 atom stereocenters. The summed E-state index contributed by atoms with van der Waals surface area (Å²) in [4.78, 5) is 16.4. The second-order valence-corrected chi connectivity index (χ2v) is 7.33. The summed E-state index contributed by atoms with van der Waals surface area (Å²) >= 11 is 5.04. The molecule has 24 heavy (non-hydrogen) atoms. The van der Waals surface area contributed by atoms with E-state index in [0.29, 0.717) is 6.42 Å². The predicted octanol–water partition coefficient (Wildman–Crippen LogP) is 5.70. The number of ketones is 1. The van der Waals surface area contributed by atoms with Gasteiger partial charge in [0.2, 0.25) is 0 Å². The summed E-state index contributed by atoms with van der Waals surface area (Å²) < 4.78 is 1.04. The number of benzene rings is 2. The van der Waals surface area contributed by atoms with Gasteiger partial charge in [-0.15, -0.1) is 11.3 Å². The molecule has 3 rings (SSSR count). The molecule has 0 radical (unpaired) electrons. The van der Waals surface area contributed by atoms with Crippen molar-refractivity contribution in [3.8, 4) is 10.6 Å². The first kappa shape index (κ1) is 16.9. The number of para-hydroxylation sites is 1. The van der Waals surface area contributed by atoms with Crippen LogP contribution in [0.5, 0.6) is 0 Å². The zero-order valence-corrected chi connectivity index (χ0v) is 15.6. The molecule has 0 bridgehead atoms. The molecular formula is C19H17BrN2OS. The van der Waals surface area contributed by atoms with Crippen molar-refractivity contribution in [3.05, 3.63) is 70.1 Å². The number of carbonyl (C=O) groups excluding carboxylic acids is 1. The number of rotatable bonds is 6. The zero-order chi connectivity index (χ0) is 16.9. The molecule has 0 amide bonds. The lowest BCUT2D eigenvalue weighted by Crippen LogP contribution is -2.14.